The fraction of sp³-hybridized carbons (Fsp3) is 0.167. The first-order chi connectivity index (χ1) is 12.3. The summed E-state index contributed by atoms with van der Waals surface area (Å²) in [5, 5.41) is 1.01. The average Bonchev–Trinajstić information content (AvgIpc) is 2.57. The zero-order chi connectivity index (χ0) is 18.9. The van der Waals surface area contributed by atoms with Gasteiger partial charge in [-0.05, 0) is 38.4 Å². The third kappa shape index (κ3) is 3.94. The molecule has 8 heteroatoms. The molecule has 26 heavy (non-hydrogen) atoms. The Bertz CT molecular complexity index is 1070. The van der Waals surface area contributed by atoms with E-state index in [9.17, 15) is 8.42 Å². The van der Waals surface area contributed by atoms with Crippen molar-refractivity contribution in [1.82, 2.24) is 9.88 Å². The Labute approximate surface area is 162 Å². The summed E-state index contributed by atoms with van der Waals surface area (Å²) in [7, 11) is -0.0185. The van der Waals surface area contributed by atoms with Gasteiger partial charge in [-0.1, -0.05) is 47.5 Å². The Hall–Kier alpha value is -1.86. The second-order valence-corrected chi connectivity index (χ2v) is 8.51. The average molecular weight is 410 g/mol. The fourth-order valence-corrected chi connectivity index (χ4v) is 4.40. The molecule has 3 aromatic rings. The topological polar surface area (TPSA) is 62.3 Å². The summed E-state index contributed by atoms with van der Waals surface area (Å²) < 4.78 is 28.2. The van der Waals surface area contributed by atoms with Crippen LogP contribution < -0.4 is 4.72 Å². The van der Waals surface area contributed by atoms with Crippen LogP contribution in [0.15, 0.2) is 53.4 Å². The lowest BCUT2D eigenvalue weighted by molar-refractivity contribution is 0.397. The van der Waals surface area contributed by atoms with Crippen LogP contribution in [-0.2, 0) is 16.6 Å². The largest absolute Gasteiger partial charge is 0.304 e. The lowest BCUT2D eigenvalue weighted by atomic mass is 10.2. The molecule has 0 aliphatic heterocycles. The molecule has 3 rings (SSSR count). The van der Waals surface area contributed by atoms with Crippen molar-refractivity contribution >= 4 is 49.8 Å². The molecule has 1 aromatic heterocycles. The van der Waals surface area contributed by atoms with Gasteiger partial charge in [0.25, 0.3) is 10.0 Å². The van der Waals surface area contributed by atoms with Gasteiger partial charge in [0.15, 0.2) is 0 Å². The van der Waals surface area contributed by atoms with Gasteiger partial charge in [0.05, 0.1) is 26.9 Å². The summed E-state index contributed by atoms with van der Waals surface area (Å²) in [5.41, 5.74) is 1.81. The van der Waals surface area contributed by atoms with Crippen LogP contribution in [0.1, 0.15) is 5.69 Å². The molecule has 1 N–H and O–H groups in total. The van der Waals surface area contributed by atoms with Crippen molar-refractivity contribution in [2.45, 2.75) is 11.4 Å². The number of pyridine rings is 1. The van der Waals surface area contributed by atoms with Gasteiger partial charge in [0, 0.05) is 11.9 Å². The fourth-order valence-electron chi connectivity index (χ4n) is 2.57. The van der Waals surface area contributed by atoms with Gasteiger partial charge in [-0.2, -0.15) is 0 Å². The summed E-state index contributed by atoms with van der Waals surface area (Å²) in [6, 6.07) is 13.7. The highest BCUT2D eigenvalue weighted by atomic mass is 35.5. The van der Waals surface area contributed by atoms with Gasteiger partial charge < -0.3 is 4.90 Å². The third-order valence-electron chi connectivity index (χ3n) is 3.71. The number of sulfonamides is 1. The molecule has 0 saturated carbocycles. The first-order valence-electron chi connectivity index (χ1n) is 7.78. The zero-order valence-electron chi connectivity index (χ0n) is 14.2. The summed E-state index contributed by atoms with van der Waals surface area (Å²) >= 11 is 12.0. The van der Waals surface area contributed by atoms with Crippen molar-refractivity contribution in [2.75, 3.05) is 18.8 Å². The van der Waals surface area contributed by atoms with Crippen LogP contribution in [0.25, 0.3) is 10.9 Å². The first-order valence-corrected chi connectivity index (χ1v) is 10.0. The van der Waals surface area contributed by atoms with Crippen LogP contribution in [0.4, 0.5) is 5.69 Å². The van der Waals surface area contributed by atoms with Gasteiger partial charge in [-0.3, -0.25) is 4.72 Å². The van der Waals surface area contributed by atoms with E-state index < -0.39 is 10.0 Å². The highest BCUT2D eigenvalue weighted by molar-refractivity contribution is 7.92. The van der Waals surface area contributed by atoms with Crippen LogP contribution in [-0.4, -0.2) is 32.4 Å². The van der Waals surface area contributed by atoms with E-state index in [2.05, 4.69) is 9.71 Å². The number of nitrogens with zero attached hydrogens (tertiary/aromatic N) is 2. The summed E-state index contributed by atoms with van der Waals surface area (Å²) in [5.74, 6) is 0. The molecule has 0 bridgehead atoms. The second-order valence-electron chi connectivity index (χ2n) is 6.08. The SMILES string of the molecule is CN(C)Cc1ccc2cccc(NS(=O)(=O)c3cccc(Cl)c3Cl)c2n1. The molecule has 5 nitrogen and oxygen atoms in total. The molecule has 136 valence electrons. The van der Waals surface area contributed by atoms with Gasteiger partial charge in [0.1, 0.15) is 4.90 Å². The molecular weight excluding hydrogens is 393 g/mol. The molecule has 0 radical (unpaired) electrons. The van der Waals surface area contributed by atoms with E-state index in [4.69, 9.17) is 23.2 Å². The summed E-state index contributed by atoms with van der Waals surface area (Å²) in [6.07, 6.45) is 0. The highest BCUT2D eigenvalue weighted by Gasteiger charge is 2.20. The number of hydrogen-bond acceptors (Lipinski definition) is 4. The zero-order valence-corrected chi connectivity index (χ0v) is 16.5. The lowest BCUT2D eigenvalue weighted by Crippen LogP contribution is -2.15. The van der Waals surface area contributed by atoms with E-state index in [-0.39, 0.29) is 14.9 Å². The maximum Gasteiger partial charge on any atom is 0.263 e. The number of rotatable bonds is 5. The normalized spacial score (nSPS) is 11.9. The Balaban J connectivity index is 2.06. The molecule has 2 aromatic carbocycles. The minimum atomic E-state index is -3.91. The standard InChI is InChI=1S/C18H17Cl2N3O2S/c1-23(2)11-13-10-9-12-5-3-7-15(18(12)21-13)22-26(24,25)16-8-4-6-14(19)17(16)20/h3-10,22H,11H2,1-2H3. The van der Waals surface area contributed by atoms with Crippen LogP contribution >= 0.6 is 23.2 Å². The Morgan fingerprint density at radius 3 is 2.50 bits per heavy atom. The quantitative estimate of drug-likeness (QED) is 0.677. The van der Waals surface area contributed by atoms with Gasteiger partial charge >= 0.3 is 0 Å². The van der Waals surface area contributed by atoms with E-state index in [1.807, 2.05) is 37.2 Å². The molecule has 0 unspecified atom stereocenters. The van der Waals surface area contributed by atoms with E-state index >= 15 is 0 Å². The lowest BCUT2D eigenvalue weighted by Gasteiger charge is -2.13. The summed E-state index contributed by atoms with van der Waals surface area (Å²) in [4.78, 5) is 6.52. The number of para-hydroxylation sites is 1. The first kappa shape index (κ1) is 18.9. The van der Waals surface area contributed by atoms with E-state index in [0.717, 1.165) is 11.1 Å². The van der Waals surface area contributed by atoms with Crippen molar-refractivity contribution in [1.29, 1.82) is 0 Å². The monoisotopic (exact) mass is 409 g/mol. The number of anilines is 1. The molecule has 0 amide bonds. The maximum absolute atomic E-state index is 12.8. The molecular formula is C18H17Cl2N3O2S. The molecule has 0 aliphatic carbocycles. The van der Waals surface area contributed by atoms with E-state index in [0.29, 0.717) is 17.7 Å². The number of halogens is 2. The molecule has 0 atom stereocenters. The van der Waals surface area contributed by atoms with Crippen molar-refractivity contribution in [2.24, 2.45) is 0 Å². The van der Waals surface area contributed by atoms with Crippen molar-refractivity contribution in [3.05, 3.63) is 64.3 Å². The van der Waals surface area contributed by atoms with Crippen LogP contribution in [0.2, 0.25) is 10.0 Å². The van der Waals surface area contributed by atoms with E-state index in [1.165, 1.54) is 12.1 Å². The number of hydrogen-bond donors (Lipinski definition) is 1. The smallest absolute Gasteiger partial charge is 0.263 e. The number of aromatic nitrogens is 1. The number of fused-ring (bicyclic) bond motifs is 1. The van der Waals surface area contributed by atoms with Crippen LogP contribution in [0.3, 0.4) is 0 Å². The minimum Gasteiger partial charge on any atom is -0.304 e. The second kappa shape index (κ2) is 7.40. The minimum absolute atomic E-state index is 0.0110. The molecule has 0 fully saturated rings. The predicted molar refractivity (Wildman–Crippen MR) is 106 cm³/mol. The molecule has 1 heterocycles. The molecule has 0 saturated heterocycles. The van der Waals surface area contributed by atoms with Crippen LogP contribution in [0.5, 0.6) is 0 Å². The summed E-state index contributed by atoms with van der Waals surface area (Å²) in [6.45, 7) is 0.650. The number of benzene rings is 2. The molecule has 0 spiro atoms. The number of nitrogens with one attached hydrogen (secondary N) is 1. The van der Waals surface area contributed by atoms with E-state index in [1.54, 1.807) is 18.2 Å². The van der Waals surface area contributed by atoms with Gasteiger partial charge in [0.2, 0.25) is 0 Å². The predicted octanol–water partition coefficient (Wildman–Crippen LogP) is 4.40. The van der Waals surface area contributed by atoms with Crippen molar-refractivity contribution < 1.29 is 8.42 Å². The Morgan fingerprint density at radius 2 is 1.77 bits per heavy atom. The Morgan fingerprint density at radius 1 is 1.04 bits per heavy atom. The highest BCUT2D eigenvalue weighted by Crippen LogP contribution is 2.31. The van der Waals surface area contributed by atoms with Crippen molar-refractivity contribution in [3.63, 3.8) is 0 Å². The van der Waals surface area contributed by atoms with Gasteiger partial charge in [-0.15, -0.1) is 0 Å². The Kier molecular flexibility index (Phi) is 5.39. The van der Waals surface area contributed by atoms with Crippen molar-refractivity contribution in [3.8, 4) is 0 Å². The third-order valence-corrected chi connectivity index (χ3v) is 6.04. The molecule has 0 aliphatic rings. The van der Waals surface area contributed by atoms with Gasteiger partial charge in [-0.25, -0.2) is 13.4 Å². The van der Waals surface area contributed by atoms with Crippen LogP contribution in [0, 0.1) is 0 Å². The maximum atomic E-state index is 12.8.